The summed E-state index contributed by atoms with van der Waals surface area (Å²) >= 11 is 0. The molecule has 0 fully saturated rings. The van der Waals surface area contributed by atoms with Gasteiger partial charge in [0.15, 0.2) is 0 Å². The zero-order chi connectivity index (χ0) is 14.7. The summed E-state index contributed by atoms with van der Waals surface area (Å²) < 4.78 is 0. The predicted molar refractivity (Wildman–Crippen MR) is 80.5 cm³/mol. The molecule has 0 radical (unpaired) electrons. The van der Waals surface area contributed by atoms with Crippen LogP contribution in [-0.2, 0) is 6.42 Å². The fourth-order valence-electron chi connectivity index (χ4n) is 2.06. The molecule has 0 heterocycles. The summed E-state index contributed by atoms with van der Waals surface area (Å²) in [5.74, 6) is -0.125. The molecule has 0 saturated carbocycles. The standard InChI is InChI=1S/C15H22O2.CH5N/c1-3-5-6-12(4-2)11-13-7-9-14(10-8-13)15(16)17;1-2/h7-10,12H,3-6,11H2,1-2H3,(H,16,17);2H2,1H3. The highest BCUT2D eigenvalue weighted by Crippen LogP contribution is 2.18. The average molecular weight is 265 g/mol. The quantitative estimate of drug-likeness (QED) is 0.789. The number of nitrogens with two attached hydrogens (primary N) is 1. The van der Waals surface area contributed by atoms with Gasteiger partial charge in [0.1, 0.15) is 0 Å². The lowest BCUT2D eigenvalue weighted by atomic mass is 9.92. The zero-order valence-electron chi connectivity index (χ0n) is 12.4. The average Bonchev–Trinajstić information content (AvgIpc) is 2.46. The van der Waals surface area contributed by atoms with E-state index in [0.717, 1.165) is 12.3 Å². The lowest BCUT2D eigenvalue weighted by molar-refractivity contribution is 0.0697. The Morgan fingerprint density at radius 2 is 1.79 bits per heavy atom. The van der Waals surface area contributed by atoms with Crippen molar-refractivity contribution in [3.63, 3.8) is 0 Å². The van der Waals surface area contributed by atoms with Crippen molar-refractivity contribution >= 4 is 5.97 Å². The number of hydrogen-bond donors (Lipinski definition) is 2. The summed E-state index contributed by atoms with van der Waals surface area (Å²) in [5, 5.41) is 8.82. The second-order valence-electron chi connectivity index (χ2n) is 4.62. The van der Waals surface area contributed by atoms with E-state index in [2.05, 4.69) is 19.6 Å². The lowest BCUT2D eigenvalue weighted by Gasteiger charge is -2.14. The summed E-state index contributed by atoms with van der Waals surface area (Å²) in [5.41, 5.74) is 6.12. The highest BCUT2D eigenvalue weighted by molar-refractivity contribution is 5.87. The molecule has 3 nitrogen and oxygen atoms in total. The van der Waals surface area contributed by atoms with Gasteiger partial charge in [-0.05, 0) is 37.1 Å². The third-order valence-electron chi connectivity index (χ3n) is 3.27. The highest BCUT2D eigenvalue weighted by atomic mass is 16.4. The first-order chi connectivity index (χ1) is 9.17. The number of benzene rings is 1. The van der Waals surface area contributed by atoms with Gasteiger partial charge >= 0.3 is 5.97 Å². The molecule has 0 spiro atoms. The summed E-state index contributed by atoms with van der Waals surface area (Å²) in [6.07, 6.45) is 6.06. The molecular weight excluding hydrogens is 238 g/mol. The summed E-state index contributed by atoms with van der Waals surface area (Å²) in [6, 6.07) is 7.28. The van der Waals surface area contributed by atoms with E-state index in [1.54, 1.807) is 12.1 Å². The van der Waals surface area contributed by atoms with E-state index in [0.29, 0.717) is 5.56 Å². The van der Waals surface area contributed by atoms with E-state index in [1.807, 2.05) is 12.1 Å². The minimum Gasteiger partial charge on any atom is -0.478 e. The molecule has 3 heteroatoms. The molecule has 3 N–H and O–H groups in total. The van der Waals surface area contributed by atoms with Gasteiger partial charge < -0.3 is 10.8 Å². The molecule has 0 aliphatic carbocycles. The van der Waals surface area contributed by atoms with Gasteiger partial charge in [-0.2, -0.15) is 0 Å². The van der Waals surface area contributed by atoms with Crippen LogP contribution >= 0.6 is 0 Å². The molecule has 0 amide bonds. The molecule has 0 aliphatic rings. The molecule has 0 saturated heterocycles. The Morgan fingerprint density at radius 1 is 1.21 bits per heavy atom. The predicted octanol–water partition coefficient (Wildman–Crippen LogP) is 3.72. The first kappa shape index (κ1) is 17.6. The van der Waals surface area contributed by atoms with Crippen molar-refractivity contribution in [1.82, 2.24) is 0 Å². The van der Waals surface area contributed by atoms with Crippen LogP contribution in [-0.4, -0.2) is 18.1 Å². The smallest absolute Gasteiger partial charge is 0.335 e. The van der Waals surface area contributed by atoms with Gasteiger partial charge in [-0.25, -0.2) is 4.79 Å². The van der Waals surface area contributed by atoms with Crippen LogP contribution in [0.2, 0.25) is 0 Å². The Balaban J connectivity index is 0.00000154. The van der Waals surface area contributed by atoms with Gasteiger partial charge in [0.2, 0.25) is 0 Å². The van der Waals surface area contributed by atoms with E-state index in [4.69, 9.17) is 5.11 Å². The maximum Gasteiger partial charge on any atom is 0.335 e. The summed E-state index contributed by atoms with van der Waals surface area (Å²) in [7, 11) is 1.50. The number of aromatic carboxylic acids is 1. The monoisotopic (exact) mass is 265 g/mol. The van der Waals surface area contributed by atoms with Crippen molar-refractivity contribution in [3.05, 3.63) is 35.4 Å². The SMILES string of the molecule is CCCCC(CC)Cc1ccc(C(=O)O)cc1.CN. The molecular formula is C16H27NO2. The largest absolute Gasteiger partial charge is 0.478 e. The van der Waals surface area contributed by atoms with Crippen LogP contribution in [0.15, 0.2) is 24.3 Å². The third kappa shape index (κ3) is 6.97. The molecule has 0 bridgehead atoms. The van der Waals surface area contributed by atoms with E-state index >= 15 is 0 Å². The second kappa shape index (κ2) is 10.6. The fourth-order valence-corrected chi connectivity index (χ4v) is 2.06. The molecule has 19 heavy (non-hydrogen) atoms. The van der Waals surface area contributed by atoms with Crippen molar-refractivity contribution in [1.29, 1.82) is 0 Å². The van der Waals surface area contributed by atoms with Crippen LogP contribution in [0.4, 0.5) is 0 Å². The first-order valence-electron chi connectivity index (χ1n) is 7.07. The second-order valence-corrected chi connectivity index (χ2v) is 4.62. The van der Waals surface area contributed by atoms with Crippen molar-refractivity contribution in [3.8, 4) is 0 Å². The third-order valence-corrected chi connectivity index (χ3v) is 3.27. The van der Waals surface area contributed by atoms with Gasteiger partial charge in [-0.15, -0.1) is 0 Å². The molecule has 1 rings (SSSR count). The van der Waals surface area contributed by atoms with Crippen LogP contribution in [0.5, 0.6) is 0 Å². The van der Waals surface area contributed by atoms with Gasteiger partial charge in [0.05, 0.1) is 5.56 Å². The molecule has 1 atom stereocenters. The van der Waals surface area contributed by atoms with E-state index in [1.165, 1.54) is 38.3 Å². The van der Waals surface area contributed by atoms with E-state index in [-0.39, 0.29) is 0 Å². The molecule has 1 aromatic rings. The van der Waals surface area contributed by atoms with Gasteiger partial charge in [-0.1, -0.05) is 51.7 Å². The summed E-state index contributed by atoms with van der Waals surface area (Å²) in [6.45, 7) is 4.44. The van der Waals surface area contributed by atoms with Crippen LogP contribution in [0.3, 0.4) is 0 Å². The minimum absolute atomic E-state index is 0.371. The van der Waals surface area contributed by atoms with Crippen LogP contribution in [0.1, 0.15) is 55.5 Å². The molecule has 1 aromatic carbocycles. The van der Waals surface area contributed by atoms with Crippen LogP contribution < -0.4 is 5.73 Å². The Kier molecular flexibility index (Phi) is 9.81. The van der Waals surface area contributed by atoms with Crippen LogP contribution in [0, 0.1) is 5.92 Å². The Hall–Kier alpha value is -1.35. The Morgan fingerprint density at radius 3 is 2.21 bits per heavy atom. The molecule has 1 unspecified atom stereocenters. The number of rotatable bonds is 7. The van der Waals surface area contributed by atoms with E-state index in [9.17, 15) is 4.79 Å². The Labute approximate surface area is 116 Å². The Bertz CT molecular complexity index is 346. The number of carboxylic acids is 1. The number of unbranched alkanes of at least 4 members (excludes halogenated alkanes) is 1. The normalized spacial score (nSPS) is 11.4. The fraction of sp³-hybridized carbons (Fsp3) is 0.562. The molecule has 0 aliphatic heterocycles. The lowest BCUT2D eigenvalue weighted by Crippen LogP contribution is -2.04. The highest BCUT2D eigenvalue weighted by Gasteiger charge is 2.08. The summed E-state index contributed by atoms with van der Waals surface area (Å²) in [4.78, 5) is 10.7. The molecule has 108 valence electrons. The van der Waals surface area contributed by atoms with Gasteiger partial charge in [0.25, 0.3) is 0 Å². The van der Waals surface area contributed by atoms with E-state index < -0.39 is 5.97 Å². The van der Waals surface area contributed by atoms with Gasteiger partial charge in [0, 0.05) is 0 Å². The number of carboxylic acid groups (broad SMARTS) is 1. The van der Waals surface area contributed by atoms with Crippen molar-refractivity contribution < 1.29 is 9.90 Å². The maximum absolute atomic E-state index is 10.7. The minimum atomic E-state index is -0.852. The first-order valence-corrected chi connectivity index (χ1v) is 7.07. The zero-order valence-corrected chi connectivity index (χ0v) is 12.4. The topological polar surface area (TPSA) is 63.3 Å². The van der Waals surface area contributed by atoms with Crippen molar-refractivity contribution in [2.45, 2.75) is 46.0 Å². The maximum atomic E-state index is 10.7. The van der Waals surface area contributed by atoms with Crippen molar-refractivity contribution in [2.24, 2.45) is 11.7 Å². The van der Waals surface area contributed by atoms with Crippen molar-refractivity contribution in [2.75, 3.05) is 7.05 Å². The van der Waals surface area contributed by atoms with Crippen LogP contribution in [0.25, 0.3) is 0 Å². The van der Waals surface area contributed by atoms with Gasteiger partial charge in [-0.3, -0.25) is 0 Å². The number of hydrogen-bond acceptors (Lipinski definition) is 2. The number of carbonyl (C=O) groups is 1. The molecule has 0 aromatic heterocycles.